The van der Waals surface area contributed by atoms with Gasteiger partial charge in [0.2, 0.25) is 11.1 Å². The number of nitrogens with one attached hydrogen (secondary N) is 1. The highest BCUT2D eigenvalue weighted by atomic mass is 32.2. The Kier molecular flexibility index (Phi) is 6.83. The smallest absolute Gasteiger partial charge is 0.234 e. The van der Waals surface area contributed by atoms with E-state index in [1.165, 1.54) is 22.0 Å². The van der Waals surface area contributed by atoms with E-state index in [-0.39, 0.29) is 11.7 Å². The summed E-state index contributed by atoms with van der Waals surface area (Å²) in [6.07, 6.45) is 0. The number of nitrogens with two attached hydrogens (primary N) is 1. The third kappa shape index (κ3) is 4.85. The number of ether oxygens (including phenoxy) is 2. The summed E-state index contributed by atoms with van der Waals surface area (Å²) < 4.78 is 12.0. The topological polar surface area (TPSA) is 104 Å². The number of hydrogen-bond acceptors (Lipinski definition) is 7. The molecule has 0 fully saturated rings. The zero-order valence-electron chi connectivity index (χ0n) is 17.4. The zero-order valence-corrected chi connectivity index (χ0v) is 18.2. The minimum absolute atomic E-state index is 0.146. The van der Waals surface area contributed by atoms with Crippen LogP contribution in [0.25, 0.3) is 11.4 Å². The van der Waals surface area contributed by atoms with Gasteiger partial charge in [0.15, 0.2) is 5.82 Å². The van der Waals surface area contributed by atoms with E-state index < -0.39 is 0 Å². The molecule has 0 aliphatic carbocycles. The van der Waals surface area contributed by atoms with Gasteiger partial charge in [0.1, 0.15) is 11.5 Å². The van der Waals surface area contributed by atoms with Crippen molar-refractivity contribution in [3.05, 3.63) is 48.0 Å². The number of hydrogen-bond donors (Lipinski definition) is 2. The van der Waals surface area contributed by atoms with Crippen molar-refractivity contribution in [2.45, 2.75) is 24.9 Å². The molecular weight excluding hydrogens is 402 g/mol. The Labute approximate surface area is 179 Å². The van der Waals surface area contributed by atoms with Crippen LogP contribution in [0.3, 0.4) is 0 Å². The van der Waals surface area contributed by atoms with Gasteiger partial charge >= 0.3 is 0 Å². The highest BCUT2D eigenvalue weighted by Crippen LogP contribution is 2.33. The van der Waals surface area contributed by atoms with Gasteiger partial charge in [-0.3, -0.25) is 4.79 Å². The quantitative estimate of drug-likeness (QED) is 0.418. The summed E-state index contributed by atoms with van der Waals surface area (Å²) in [7, 11) is 3.14. The Morgan fingerprint density at radius 2 is 1.97 bits per heavy atom. The van der Waals surface area contributed by atoms with Crippen LogP contribution in [0, 0.1) is 0 Å². The van der Waals surface area contributed by atoms with Crippen molar-refractivity contribution in [1.82, 2.24) is 14.9 Å². The van der Waals surface area contributed by atoms with E-state index in [4.69, 9.17) is 15.3 Å². The van der Waals surface area contributed by atoms with Crippen molar-refractivity contribution in [1.29, 1.82) is 0 Å². The lowest BCUT2D eigenvalue weighted by Crippen LogP contribution is -2.16. The summed E-state index contributed by atoms with van der Waals surface area (Å²) >= 11 is 1.21. The number of nitrogen functional groups attached to an aromatic ring is 1. The van der Waals surface area contributed by atoms with E-state index in [2.05, 4.69) is 29.4 Å². The number of aromatic nitrogens is 3. The molecule has 3 N–H and O–H groups in total. The fourth-order valence-electron chi connectivity index (χ4n) is 2.85. The zero-order chi connectivity index (χ0) is 21.7. The van der Waals surface area contributed by atoms with Gasteiger partial charge in [-0.25, -0.2) is 4.68 Å². The average molecular weight is 428 g/mol. The second kappa shape index (κ2) is 9.53. The van der Waals surface area contributed by atoms with Crippen molar-refractivity contribution in [3.63, 3.8) is 0 Å². The van der Waals surface area contributed by atoms with Crippen molar-refractivity contribution < 1.29 is 14.3 Å². The van der Waals surface area contributed by atoms with Crippen molar-refractivity contribution >= 4 is 23.4 Å². The molecule has 3 aromatic rings. The molecule has 9 heteroatoms. The normalized spacial score (nSPS) is 10.8. The van der Waals surface area contributed by atoms with Gasteiger partial charge < -0.3 is 20.6 Å². The van der Waals surface area contributed by atoms with Crippen molar-refractivity contribution in [2.24, 2.45) is 0 Å². The maximum Gasteiger partial charge on any atom is 0.234 e. The molecule has 0 aliphatic heterocycles. The molecule has 30 heavy (non-hydrogen) atoms. The van der Waals surface area contributed by atoms with E-state index in [1.54, 1.807) is 32.4 Å². The fourth-order valence-corrected chi connectivity index (χ4v) is 3.50. The predicted molar refractivity (Wildman–Crippen MR) is 119 cm³/mol. The lowest BCUT2D eigenvalue weighted by molar-refractivity contribution is -0.113. The minimum atomic E-state index is -0.146. The number of amides is 1. The van der Waals surface area contributed by atoms with Crippen LogP contribution in [0.15, 0.2) is 47.6 Å². The summed E-state index contributed by atoms with van der Waals surface area (Å²) in [6.45, 7) is 4.22. The first-order valence-electron chi connectivity index (χ1n) is 9.38. The molecule has 0 unspecified atom stereocenters. The van der Waals surface area contributed by atoms with Gasteiger partial charge in [-0.15, -0.1) is 10.2 Å². The molecule has 0 aliphatic rings. The Hall–Kier alpha value is -3.20. The van der Waals surface area contributed by atoms with Crippen LogP contribution in [0.2, 0.25) is 0 Å². The van der Waals surface area contributed by atoms with Gasteiger partial charge in [-0.05, 0) is 35.7 Å². The molecule has 3 rings (SSSR count). The number of benzene rings is 2. The number of carbonyl (C=O) groups excluding carboxylic acids is 1. The number of thioether (sulfide) groups is 1. The SMILES string of the molecule is COc1ccc(-c2nnc(SCC(=O)Nc3cccc(C(C)C)c3)n2N)c(OC)c1. The van der Waals surface area contributed by atoms with Crippen LogP contribution < -0.4 is 20.6 Å². The first-order valence-corrected chi connectivity index (χ1v) is 10.4. The van der Waals surface area contributed by atoms with Gasteiger partial charge in [0.25, 0.3) is 0 Å². The summed E-state index contributed by atoms with van der Waals surface area (Å²) in [6, 6.07) is 13.2. The summed E-state index contributed by atoms with van der Waals surface area (Å²) in [4.78, 5) is 12.4. The van der Waals surface area contributed by atoms with E-state index >= 15 is 0 Å². The lowest BCUT2D eigenvalue weighted by Gasteiger charge is -2.10. The maximum atomic E-state index is 12.4. The second-order valence-electron chi connectivity index (χ2n) is 6.86. The van der Waals surface area contributed by atoms with Crippen molar-refractivity contribution in [2.75, 3.05) is 31.1 Å². The van der Waals surface area contributed by atoms with Crippen LogP contribution in [-0.4, -0.2) is 40.8 Å². The number of methoxy groups -OCH3 is 2. The Morgan fingerprint density at radius 3 is 2.67 bits per heavy atom. The summed E-state index contributed by atoms with van der Waals surface area (Å²) in [5, 5.41) is 11.6. The first-order chi connectivity index (χ1) is 14.4. The van der Waals surface area contributed by atoms with Gasteiger partial charge in [-0.2, -0.15) is 0 Å². The molecule has 0 spiro atoms. The molecule has 0 atom stereocenters. The second-order valence-corrected chi connectivity index (χ2v) is 7.80. The maximum absolute atomic E-state index is 12.4. The van der Waals surface area contributed by atoms with E-state index in [0.717, 1.165) is 5.69 Å². The number of rotatable bonds is 8. The van der Waals surface area contributed by atoms with E-state index in [0.29, 0.717) is 34.0 Å². The Balaban J connectivity index is 1.68. The van der Waals surface area contributed by atoms with Crippen LogP contribution in [0.5, 0.6) is 11.5 Å². The first kappa shape index (κ1) is 21.5. The molecule has 1 heterocycles. The van der Waals surface area contributed by atoms with Crippen LogP contribution in [0.4, 0.5) is 5.69 Å². The third-order valence-electron chi connectivity index (χ3n) is 4.48. The minimum Gasteiger partial charge on any atom is -0.497 e. The molecule has 8 nitrogen and oxygen atoms in total. The fraction of sp³-hybridized carbons (Fsp3) is 0.286. The Bertz CT molecular complexity index is 1040. The van der Waals surface area contributed by atoms with Crippen LogP contribution in [-0.2, 0) is 4.79 Å². The lowest BCUT2D eigenvalue weighted by atomic mass is 10.0. The molecule has 158 valence electrons. The monoisotopic (exact) mass is 427 g/mol. The largest absolute Gasteiger partial charge is 0.497 e. The molecule has 1 aromatic heterocycles. The highest BCUT2D eigenvalue weighted by Gasteiger charge is 2.17. The van der Waals surface area contributed by atoms with Crippen molar-refractivity contribution in [3.8, 4) is 22.9 Å². The number of nitrogens with zero attached hydrogens (tertiary/aromatic N) is 3. The number of anilines is 1. The predicted octanol–water partition coefficient (Wildman–Crippen LogP) is 3.53. The van der Waals surface area contributed by atoms with Gasteiger partial charge in [-0.1, -0.05) is 37.7 Å². The summed E-state index contributed by atoms with van der Waals surface area (Å²) in [5.41, 5.74) is 2.61. The molecule has 0 saturated heterocycles. The molecule has 0 bridgehead atoms. The highest BCUT2D eigenvalue weighted by molar-refractivity contribution is 7.99. The van der Waals surface area contributed by atoms with E-state index in [1.807, 2.05) is 24.3 Å². The van der Waals surface area contributed by atoms with Gasteiger partial charge in [0.05, 0.1) is 25.5 Å². The third-order valence-corrected chi connectivity index (χ3v) is 5.43. The molecule has 0 radical (unpaired) electrons. The van der Waals surface area contributed by atoms with E-state index in [9.17, 15) is 4.79 Å². The average Bonchev–Trinajstić information content (AvgIpc) is 3.12. The molecule has 1 amide bonds. The molecule has 0 saturated carbocycles. The molecular formula is C21H25N5O3S. The van der Waals surface area contributed by atoms with Gasteiger partial charge in [0, 0.05) is 11.8 Å². The van der Waals surface area contributed by atoms with Crippen LogP contribution in [0.1, 0.15) is 25.3 Å². The standard InChI is InChI=1S/C21H25N5O3S/c1-13(2)14-6-5-7-15(10-14)23-19(27)12-30-21-25-24-20(26(21)22)17-9-8-16(28-3)11-18(17)29-4/h5-11,13H,12,22H2,1-4H3,(H,23,27). The summed E-state index contributed by atoms with van der Waals surface area (Å²) in [5.74, 6) is 8.22. The van der Waals surface area contributed by atoms with Crippen LogP contribution >= 0.6 is 11.8 Å². The molecule has 2 aromatic carbocycles. The number of carbonyl (C=O) groups is 1. The Morgan fingerprint density at radius 1 is 1.17 bits per heavy atom.